The van der Waals surface area contributed by atoms with Crippen molar-refractivity contribution in [1.82, 2.24) is 4.57 Å². The van der Waals surface area contributed by atoms with E-state index in [0.717, 1.165) is 0 Å². The van der Waals surface area contributed by atoms with Crippen molar-refractivity contribution in [1.29, 1.82) is 10.5 Å². The highest BCUT2D eigenvalue weighted by Crippen LogP contribution is 2.33. The van der Waals surface area contributed by atoms with E-state index < -0.39 is 23.0 Å². The summed E-state index contributed by atoms with van der Waals surface area (Å²) in [4.78, 5) is 12.3. The van der Waals surface area contributed by atoms with Gasteiger partial charge in [-0.1, -0.05) is 0 Å². The average Bonchev–Trinajstić information content (AvgIpc) is 2.88. The van der Waals surface area contributed by atoms with Crippen molar-refractivity contribution in [2.75, 3.05) is 6.61 Å². The van der Waals surface area contributed by atoms with E-state index in [1.165, 1.54) is 4.57 Å². The number of nitrogens with zero attached hydrogens (tertiary/aromatic N) is 4. The molecule has 0 saturated carbocycles. The van der Waals surface area contributed by atoms with Gasteiger partial charge in [0.1, 0.15) is 29.7 Å². The summed E-state index contributed by atoms with van der Waals surface area (Å²) < 4.78 is 8.32. The van der Waals surface area contributed by atoms with Crippen molar-refractivity contribution < 1.29 is 19.2 Å². The van der Waals surface area contributed by atoms with Crippen LogP contribution in [0.2, 0.25) is 0 Å². The van der Waals surface area contributed by atoms with Gasteiger partial charge in [-0.15, -0.1) is 0 Å². The van der Waals surface area contributed by atoms with Crippen LogP contribution in [0.1, 0.15) is 6.92 Å². The molecule has 0 unspecified atom stereocenters. The first-order chi connectivity index (χ1) is 10.0. The minimum absolute atomic E-state index is 0.0574. The Balaban J connectivity index is 2.68. The highest BCUT2D eigenvalue weighted by molar-refractivity contribution is 6.17. The van der Waals surface area contributed by atoms with Crippen LogP contribution in [-0.2, 0) is 16.6 Å². The Bertz CT molecular complexity index is 743. The van der Waals surface area contributed by atoms with E-state index in [2.05, 4.69) is 0 Å². The zero-order valence-electron chi connectivity index (χ0n) is 11.5. The molecule has 0 fully saturated rings. The maximum absolute atomic E-state index is 12.4. The van der Waals surface area contributed by atoms with Gasteiger partial charge in [0.2, 0.25) is 17.9 Å². The molecule has 1 aromatic heterocycles. The molecule has 0 bridgehead atoms. The highest BCUT2D eigenvalue weighted by atomic mass is 16.5. The lowest BCUT2D eigenvalue weighted by Gasteiger charge is -2.28. The molecule has 1 aliphatic carbocycles. The van der Waals surface area contributed by atoms with Gasteiger partial charge in [-0.2, -0.15) is 10.5 Å². The number of imidazole rings is 1. The second-order valence-corrected chi connectivity index (χ2v) is 4.23. The molecule has 0 spiro atoms. The zero-order valence-corrected chi connectivity index (χ0v) is 11.5. The largest absolute Gasteiger partial charge is 0.839 e. The molecule has 1 aliphatic rings. The second kappa shape index (κ2) is 5.61. The molecule has 0 saturated heterocycles. The summed E-state index contributed by atoms with van der Waals surface area (Å²) in [5, 5.41) is 30.5. The van der Waals surface area contributed by atoms with E-state index in [-0.39, 0.29) is 18.1 Å². The molecular weight excluding hydrogens is 272 g/mol. The molecule has 7 heteroatoms. The lowest BCUT2D eigenvalue weighted by atomic mass is 9.91. The Labute approximate surface area is 121 Å². The average molecular weight is 283 g/mol. The zero-order chi connectivity index (χ0) is 15.6. The molecule has 2 rings (SSSR count). The van der Waals surface area contributed by atoms with Gasteiger partial charge in [0.25, 0.3) is 0 Å². The topological polar surface area (TPSA) is 106 Å². The molecule has 0 atom stereocenters. The van der Waals surface area contributed by atoms with Crippen LogP contribution >= 0.6 is 0 Å². The summed E-state index contributed by atoms with van der Waals surface area (Å²) in [6.45, 7) is 1.82. The fraction of sp³-hybridized carbons (Fsp3) is 0.214. The molecular formula is C14H11N4O3. The molecule has 0 aliphatic heterocycles. The monoisotopic (exact) mass is 283 g/mol. The van der Waals surface area contributed by atoms with Crippen LogP contribution in [0.25, 0.3) is 5.70 Å². The number of Topliss-reactive ketones (excluding diaryl/α,β-unsaturated/α-hetero) is 1. The molecule has 1 radical (unpaired) electrons. The number of rotatable bonds is 3. The summed E-state index contributed by atoms with van der Waals surface area (Å²) in [6, 6.07) is 3.24. The van der Waals surface area contributed by atoms with Crippen molar-refractivity contribution in [3.8, 4) is 12.1 Å². The summed E-state index contributed by atoms with van der Waals surface area (Å²) in [5.74, 6) is -0.962. The van der Waals surface area contributed by atoms with E-state index in [1.54, 1.807) is 49.4 Å². The van der Waals surface area contributed by atoms with Crippen LogP contribution in [0.3, 0.4) is 0 Å². The number of ketones is 1. The lowest BCUT2D eigenvalue weighted by molar-refractivity contribution is -0.670. The number of aryl methyl sites for hydroxylation is 1. The summed E-state index contributed by atoms with van der Waals surface area (Å²) in [7, 11) is 1.74. The molecule has 105 valence electrons. The van der Waals surface area contributed by atoms with Gasteiger partial charge in [0.05, 0.1) is 19.7 Å². The first-order valence-electron chi connectivity index (χ1n) is 6.09. The lowest BCUT2D eigenvalue weighted by Crippen LogP contribution is -2.32. The smallest absolute Gasteiger partial charge is 0.248 e. The van der Waals surface area contributed by atoms with Crippen LogP contribution in [-0.4, -0.2) is 17.0 Å². The first kappa shape index (κ1) is 14.5. The third-order valence-electron chi connectivity index (χ3n) is 2.88. The molecule has 1 aromatic rings. The SMILES string of the molecule is CCOC1=C(n2cc[n+](C)c2)[C]([O-])C(C#N)=C(C#N)C1=O. The van der Waals surface area contributed by atoms with E-state index >= 15 is 0 Å². The van der Waals surface area contributed by atoms with E-state index in [1.807, 2.05) is 0 Å². The normalized spacial score (nSPS) is 16.0. The number of ether oxygens (including phenoxy) is 1. The number of hydrogen-bond donors (Lipinski definition) is 0. The van der Waals surface area contributed by atoms with Gasteiger partial charge in [0, 0.05) is 5.57 Å². The van der Waals surface area contributed by atoms with E-state index in [0.29, 0.717) is 0 Å². The Morgan fingerprint density at radius 2 is 2.05 bits per heavy atom. The summed E-state index contributed by atoms with van der Waals surface area (Å²) in [6.07, 6.45) is 4.09. The molecule has 0 amide bonds. The highest BCUT2D eigenvalue weighted by Gasteiger charge is 2.36. The Morgan fingerprint density at radius 1 is 1.38 bits per heavy atom. The molecule has 7 nitrogen and oxygen atoms in total. The van der Waals surface area contributed by atoms with Gasteiger partial charge in [-0.05, 0) is 13.0 Å². The Morgan fingerprint density at radius 3 is 2.52 bits per heavy atom. The van der Waals surface area contributed by atoms with E-state index in [4.69, 9.17) is 15.3 Å². The molecule has 0 aromatic carbocycles. The van der Waals surface area contributed by atoms with Crippen LogP contribution in [0.5, 0.6) is 0 Å². The number of carbonyl (C=O) groups excluding carboxylic acids is 1. The van der Waals surface area contributed by atoms with Gasteiger partial charge in [-0.25, -0.2) is 9.13 Å². The van der Waals surface area contributed by atoms with Crippen LogP contribution in [0.15, 0.2) is 35.6 Å². The van der Waals surface area contributed by atoms with Gasteiger partial charge >= 0.3 is 0 Å². The van der Waals surface area contributed by atoms with Crippen molar-refractivity contribution in [3.63, 3.8) is 0 Å². The second-order valence-electron chi connectivity index (χ2n) is 4.23. The number of nitriles is 2. The number of hydrogen-bond acceptors (Lipinski definition) is 5. The van der Waals surface area contributed by atoms with Crippen molar-refractivity contribution in [2.45, 2.75) is 6.92 Å². The minimum atomic E-state index is -0.748. The van der Waals surface area contributed by atoms with Crippen LogP contribution in [0.4, 0.5) is 0 Å². The quantitative estimate of drug-likeness (QED) is 0.684. The maximum atomic E-state index is 12.4. The van der Waals surface area contributed by atoms with Crippen LogP contribution < -0.4 is 9.67 Å². The molecule has 0 N–H and O–H groups in total. The Kier molecular flexibility index (Phi) is 3.88. The Hall–Kier alpha value is -2.90. The first-order valence-corrected chi connectivity index (χ1v) is 6.09. The fourth-order valence-electron chi connectivity index (χ4n) is 1.98. The predicted molar refractivity (Wildman–Crippen MR) is 67.0 cm³/mol. The van der Waals surface area contributed by atoms with Gasteiger partial charge in [0.15, 0.2) is 0 Å². The number of aromatic nitrogens is 2. The molecule has 1 heterocycles. The third-order valence-corrected chi connectivity index (χ3v) is 2.88. The molecule has 21 heavy (non-hydrogen) atoms. The van der Waals surface area contributed by atoms with Gasteiger partial charge < -0.3 is 9.84 Å². The number of carbonyl (C=O) groups is 1. The van der Waals surface area contributed by atoms with Crippen molar-refractivity contribution in [2.24, 2.45) is 7.05 Å². The maximum Gasteiger partial charge on any atom is 0.248 e. The van der Waals surface area contributed by atoms with Crippen LogP contribution in [0, 0.1) is 28.8 Å². The minimum Gasteiger partial charge on any atom is -0.839 e. The standard InChI is InChI=1S/C14H11N4O3/c1-3-21-14-11(18-5-4-17(2)8-18)12(19)9(6-15)10(7-16)13(14)20/h4-5,8H,3H2,1-2H3. The summed E-state index contributed by atoms with van der Waals surface area (Å²) in [5.41, 5.74) is -0.999. The number of allylic oxidation sites excluding steroid dienone is 1. The predicted octanol–water partition coefficient (Wildman–Crippen LogP) is -0.664. The third kappa shape index (κ3) is 2.31. The van der Waals surface area contributed by atoms with E-state index in [9.17, 15) is 9.90 Å². The van der Waals surface area contributed by atoms with Gasteiger partial charge in [-0.3, -0.25) is 4.79 Å². The van der Waals surface area contributed by atoms with Crippen molar-refractivity contribution in [3.05, 3.63) is 41.7 Å². The van der Waals surface area contributed by atoms with Crippen molar-refractivity contribution >= 4 is 11.5 Å². The summed E-state index contributed by atoms with van der Waals surface area (Å²) >= 11 is 0. The fourth-order valence-corrected chi connectivity index (χ4v) is 1.98.